The van der Waals surface area contributed by atoms with Crippen LogP contribution in [0.3, 0.4) is 0 Å². The first-order valence-electron chi connectivity index (χ1n) is 11.0. The number of rotatable bonds is 6. The lowest BCUT2D eigenvalue weighted by atomic mass is 10.1. The van der Waals surface area contributed by atoms with Crippen molar-refractivity contribution in [2.24, 2.45) is 0 Å². The van der Waals surface area contributed by atoms with Crippen LogP contribution in [0.5, 0.6) is 11.6 Å². The van der Waals surface area contributed by atoms with Crippen LogP contribution >= 0.6 is 11.3 Å². The molecule has 5 aromatic rings. The van der Waals surface area contributed by atoms with Crippen LogP contribution in [0.2, 0.25) is 0 Å². The van der Waals surface area contributed by atoms with E-state index in [1.807, 2.05) is 36.4 Å². The molecule has 0 spiro atoms. The lowest BCUT2D eigenvalue weighted by Gasteiger charge is -2.13. The van der Waals surface area contributed by atoms with Gasteiger partial charge in [-0.15, -0.1) is 21.5 Å². The molecule has 0 fully saturated rings. The minimum Gasteiger partial charge on any atom is -0.438 e. The Labute approximate surface area is 206 Å². The van der Waals surface area contributed by atoms with Gasteiger partial charge in [0, 0.05) is 18.1 Å². The first-order chi connectivity index (χ1) is 17.0. The Kier molecular flexibility index (Phi) is 6.07. The Morgan fingerprint density at radius 2 is 1.74 bits per heavy atom. The number of anilines is 3. The van der Waals surface area contributed by atoms with E-state index in [1.54, 1.807) is 29.8 Å². The summed E-state index contributed by atoms with van der Waals surface area (Å²) in [5.41, 5.74) is 12.3. The number of pyridine rings is 1. The summed E-state index contributed by atoms with van der Waals surface area (Å²) < 4.78 is 6.05. The monoisotopic (exact) mass is 481 g/mol. The summed E-state index contributed by atoms with van der Waals surface area (Å²) in [7, 11) is 0. The first-order valence-corrected chi connectivity index (χ1v) is 11.8. The van der Waals surface area contributed by atoms with Gasteiger partial charge in [-0.1, -0.05) is 0 Å². The summed E-state index contributed by atoms with van der Waals surface area (Å²) in [5.74, 6) is 1.99. The van der Waals surface area contributed by atoms with E-state index >= 15 is 0 Å². The highest BCUT2D eigenvalue weighted by molar-refractivity contribution is 7.13. The van der Waals surface area contributed by atoms with Gasteiger partial charge in [0.15, 0.2) is 5.82 Å². The molecule has 4 aromatic heterocycles. The standard InChI is InChI=1S/C26H23N7OS/c1-15-13-22(35-14-15)23-16(2)17(3)24(33-32-23)30-18-6-8-19(9-7-18)34-25-20(5-4-11-28-25)21-10-12-29-26(27)31-21/h4-14H,1-3H3,(H,30,33)(H2,27,29,31). The van der Waals surface area contributed by atoms with Crippen LogP contribution in [0.4, 0.5) is 17.5 Å². The maximum atomic E-state index is 6.05. The van der Waals surface area contributed by atoms with Crippen LogP contribution < -0.4 is 15.8 Å². The predicted octanol–water partition coefficient (Wildman–Crippen LogP) is 6.10. The molecule has 1 aromatic carbocycles. The van der Waals surface area contributed by atoms with Gasteiger partial charge in [0.05, 0.1) is 16.1 Å². The Morgan fingerprint density at radius 3 is 2.49 bits per heavy atom. The molecule has 8 nitrogen and oxygen atoms in total. The normalized spacial score (nSPS) is 10.8. The van der Waals surface area contributed by atoms with Crippen molar-refractivity contribution in [1.29, 1.82) is 0 Å². The number of aryl methyl sites for hydroxylation is 1. The number of benzene rings is 1. The van der Waals surface area contributed by atoms with Crippen molar-refractivity contribution in [2.45, 2.75) is 20.8 Å². The van der Waals surface area contributed by atoms with Crippen molar-refractivity contribution in [3.63, 3.8) is 0 Å². The first kappa shape index (κ1) is 22.4. The Balaban J connectivity index is 1.34. The van der Waals surface area contributed by atoms with Gasteiger partial charge < -0.3 is 15.8 Å². The molecule has 4 heterocycles. The van der Waals surface area contributed by atoms with E-state index in [9.17, 15) is 0 Å². The lowest BCUT2D eigenvalue weighted by molar-refractivity contribution is 0.465. The highest BCUT2D eigenvalue weighted by Gasteiger charge is 2.14. The van der Waals surface area contributed by atoms with Gasteiger partial charge >= 0.3 is 0 Å². The van der Waals surface area contributed by atoms with Crippen molar-refractivity contribution in [2.75, 3.05) is 11.1 Å². The Hall–Kier alpha value is -4.37. The fourth-order valence-corrected chi connectivity index (χ4v) is 4.50. The number of nitrogen functional groups attached to an aromatic ring is 1. The van der Waals surface area contributed by atoms with Crippen molar-refractivity contribution < 1.29 is 4.74 Å². The maximum absolute atomic E-state index is 6.05. The number of thiophene rings is 1. The third-order valence-corrected chi connectivity index (χ3v) is 6.59. The molecular weight excluding hydrogens is 458 g/mol. The summed E-state index contributed by atoms with van der Waals surface area (Å²) in [6.07, 6.45) is 3.28. The van der Waals surface area contributed by atoms with E-state index in [4.69, 9.17) is 10.5 Å². The molecule has 0 atom stereocenters. The van der Waals surface area contributed by atoms with Gasteiger partial charge in [-0.25, -0.2) is 15.0 Å². The highest BCUT2D eigenvalue weighted by Crippen LogP contribution is 2.33. The number of nitrogens with zero attached hydrogens (tertiary/aromatic N) is 5. The molecule has 0 aliphatic carbocycles. The van der Waals surface area contributed by atoms with E-state index in [1.165, 1.54) is 5.56 Å². The summed E-state index contributed by atoms with van der Waals surface area (Å²) in [6.45, 7) is 6.21. The molecule has 3 N–H and O–H groups in total. The number of aromatic nitrogens is 5. The highest BCUT2D eigenvalue weighted by atomic mass is 32.1. The van der Waals surface area contributed by atoms with Gasteiger partial charge in [-0.3, -0.25) is 0 Å². The molecule has 5 rings (SSSR count). The summed E-state index contributed by atoms with van der Waals surface area (Å²) in [5, 5.41) is 14.4. The molecule has 0 aliphatic rings. The molecule has 0 unspecified atom stereocenters. The molecule has 0 amide bonds. The average Bonchev–Trinajstić information content (AvgIpc) is 3.29. The number of hydrogen-bond acceptors (Lipinski definition) is 9. The van der Waals surface area contributed by atoms with Gasteiger partial charge in [0.2, 0.25) is 11.8 Å². The van der Waals surface area contributed by atoms with Crippen LogP contribution in [0, 0.1) is 20.8 Å². The SMILES string of the molecule is Cc1csc(-c2nnc(Nc3ccc(Oc4ncccc4-c4ccnc(N)n4)cc3)c(C)c2C)c1. The smallest absolute Gasteiger partial charge is 0.228 e. The van der Waals surface area contributed by atoms with Crippen LogP contribution in [-0.2, 0) is 0 Å². The van der Waals surface area contributed by atoms with Crippen LogP contribution in [0.25, 0.3) is 21.8 Å². The second kappa shape index (κ2) is 9.47. The third-order valence-electron chi connectivity index (χ3n) is 5.54. The maximum Gasteiger partial charge on any atom is 0.228 e. The third kappa shape index (κ3) is 4.80. The number of nitrogens with one attached hydrogen (secondary N) is 1. The second-order valence-corrected chi connectivity index (χ2v) is 8.95. The molecule has 35 heavy (non-hydrogen) atoms. The van der Waals surface area contributed by atoms with Crippen LogP contribution in [0.1, 0.15) is 16.7 Å². The topological polar surface area (TPSA) is 112 Å². The van der Waals surface area contributed by atoms with E-state index in [-0.39, 0.29) is 5.95 Å². The van der Waals surface area contributed by atoms with Crippen LogP contribution in [-0.4, -0.2) is 25.1 Å². The number of hydrogen-bond donors (Lipinski definition) is 2. The average molecular weight is 482 g/mol. The minimum absolute atomic E-state index is 0.194. The quantitative estimate of drug-likeness (QED) is 0.299. The van der Waals surface area contributed by atoms with E-state index in [0.29, 0.717) is 17.3 Å². The molecule has 9 heteroatoms. The molecule has 0 bridgehead atoms. The van der Waals surface area contributed by atoms with Crippen molar-refractivity contribution in [3.8, 4) is 33.5 Å². The van der Waals surface area contributed by atoms with Gasteiger partial charge in [-0.2, -0.15) is 0 Å². The summed E-state index contributed by atoms with van der Waals surface area (Å²) in [6, 6.07) is 15.2. The van der Waals surface area contributed by atoms with Gasteiger partial charge in [0.1, 0.15) is 11.4 Å². The lowest BCUT2D eigenvalue weighted by Crippen LogP contribution is -2.02. The zero-order valence-corrected chi connectivity index (χ0v) is 20.3. The largest absolute Gasteiger partial charge is 0.438 e. The van der Waals surface area contributed by atoms with Crippen molar-refractivity contribution >= 4 is 28.8 Å². The van der Waals surface area contributed by atoms with E-state index in [2.05, 4.69) is 62.7 Å². The molecule has 0 saturated carbocycles. The summed E-state index contributed by atoms with van der Waals surface area (Å²) >= 11 is 1.68. The zero-order chi connectivity index (χ0) is 24.4. The molecule has 0 aliphatic heterocycles. The number of nitrogens with two attached hydrogens (primary N) is 1. The fraction of sp³-hybridized carbons (Fsp3) is 0.115. The van der Waals surface area contributed by atoms with Gasteiger partial charge in [0.25, 0.3) is 0 Å². The van der Waals surface area contributed by atoms with Crippen molar-refractivity contribution in [1.82, 2.24) is 25.1 Å². The summed E-state index contributed by atoms with van der Waals surface area (Å²) in [4.78, 5) is 13.7. The Bertz CT molecular complexity index is 1500. The second-order valence-electron chi connectivity index (χ2n) is 8.04. The van der Waals surface area contributed by atoms with Crippen LogP contribution in [0.15, 0.2) is 66.3 Å². The molecule has 174 valence electrons. The Morgan fingerprint density at radius 1 is 0.914 bits per heavy atom. The number of ether oxygens (including phenoxy) is 1. The van der Waals surface area contributed by atoms with Crippen molar-refractivity contribution in [3.05, 3.63) is 83.0 Å². The predicted molar refractivity (Wildman–Crippen MR) is 139 cm³/mol. The molecular formula is C26H23N7OS. The fourth-order valence-electron chi connectivity index (χ4n) is 3.56. The molecule has 0 saturated heterocycles. The zero-order valence-electron chi connectivity index (χ0n) is 19.5. The molecule has 0 radical (unpaired) electrons. The van der Waals surface area contributed by atoms with E-state index < -0.39 is 0 Å². The van der Waals surface area contributed by atoms with Gasteiger partial charge in [-0.05, 0) is 91.4 Å². The van der Waals surface area contributed by atoms with E-state index in [0.717, 1.165) is 38.8 Å². The minimum atomic E-state index is 0.194.